The molecule has 0 radical (unpaired) electrons. The van der Waals surface area contributed by atoms with Crippen molar-refractivity contribution in [2.75, 3.05) is 0 Å². The van der Waals surface area contributed by atoms with E-state index in [1.54, 1.807) is 11.3 Å². The number of benzene rings is 1. The predicted octanol–water partition coefficient (Wildman–Crippen LogP) is 4.05. The van der Waals surface area contributed by atoms with Gasteiger partial charge >= 0.3 is 0 Å². The molecule has 0 atom stereocenters. The molecule has 0 aliphatic rings. The minimum atomic E-state index is 0.101. The van der Waals surface area contributed by atoms with E-state index in [1.165, 1.54) is 15.6 Å². The van der Waals surface area contributed by atoms with Gasteiger partial charge in [-0.25, -0.2) is 0 Å². The summed E-state index contributed by atoms with van der Waals surface area (Å²) in [5, 5.41) is 11.2. The van der Waals surface area contributed by atoms with Gasteiger partial charge < -0.3 is 5.11 Å². The fourth-order valence-electron chi connectivity index (χ4n) is 1.35. The highest BCUT2D eigenvalue weighted by atomic mass is 79.9. The molecule has 0 unspecified atom stereocenters. The zero-order valence-corrected chi connectivity index (χ0v) is 11.2. The number of fused-ring (bicyclic) bond motifs is 1. The lowest BCUT2D eigenvalue weighted by atomic mass is 10.2. The molecule has 0 amide bonds. The van der Waals surface area contributed by atoms with Crippen LogP contribution in [0.3, 0.4) is 0 Å². The topological polar surface area (TPSA) is 20.2 Å². The summed E-state index contributed by atoms with van der Waals surface area (Å²) >= 11 is 8.56. The molecule has 0 aliphatic carbocycles. The highest BCUT2D eigenvalue weighted by Crippen LogP contribution is 2.36. The summed E-state index contributed by atoms with van der Waals surface area (Å²) in [5.41, 5.74) is 1.26. The third kappa shape index (κ3) is 1.76. The first-order valence-corrected chi connectivity index (χ1v) is 6.86. The molecule has 0 fully saturated rings. The zero-order valence-electron chi connectivity index (χ0n) is 7.26. The van der Waals surface area contributed by atoms with Crippen molar-refractivity contribution < 1.29 is 5.11 Å². The van der Waals surface area contributed by atoms with Crippen LogP contribution < -0.4 is 0 Å². The highest BCUT2D eigenvalue weighted by molar-refractivity contribution is 9.10. The Morgan fingerprint density at radius 2 is 2.14 bits per heavy atom. The van der Waals surface area contributed by atoms with Gasteiger partial charge in [-0.1, -0.05) is 28.1 Å². The van der Waals surface area contributed by atoms with Gasteiger partial charge in [0.15, 0.2) is 0 Å². The number of hydrogen-bond donors (Lipinski definition) is 1. The molecule has 1 aromatic heterocycles. The molecule has 0 bridgehead atoms. The minimum Gasteiger partial charge on any atom is -0.391 e. The van der Waals surface area contributed by atoms with E-state index in [4.69, 9.17) is 5.11 Å². The molecule has 0 saturated carbocycles. The van der Waals surface area contributed by atoms with Crippen LogP contribution in [0.1, 0.15) is 10.4 Å². The van der Waals surface area contributed by atoms with Crippen molar-refractivity contribution in [3.05, 3.63) is 33.1 Å². The smallest absolute Gasteiger partial charge is 0.0786 e. The molecule has 14 heavy (non-hydrogen) atoms. The molecule has 0 spiro atoms. The van der Waals surface area contributed by atoms with E-state index < -0.39 is 0 Å². The van der Waals surface area contributed by atoms with E-state index in [1.807, 2.05) is 0 Å². The van der Waals surface area contributed by atoms with E-state index in [2.05, 4.69) is 50.1 Å². The third-order valence-corrected chi connectivity index (χ3v) is 5.01. The predicted molar refractivity (Wildman–Crippen MR) is 68.1 cm³/mol. The molecular weight excluding hydrogens is 328 g/mol. The second kappa shape index (κ2) is 4.31. The second-order valence-electron chi connectivity index (χ2n) is 2.96. The van der Waals surface area contributed by atoms with Crippen LogP contribution in [0.5, 0.6) is 0 Å². The van der Waals surface area contributed by atoms with Crippen molar-refractivity contribution in [1.82, 2.24) is 0 Å². The fraction of sp³-hybridized carbons (Fsp3) is 0.200. The van der Waals surface area contributed by atoms with Gasteiger partial charge in [-0.05, 0) is 27.6 Å². The van der Waals surface area contributed by atoms with E-state index in [-0.39, 0.29) is 6.61 Å². The summed E-state index contributed by atoms with van der Waals surface area (Å²) in [7, 11) is 0. The second-order valence-corrected chi connectivity index (χ2v) is 5.45. The summed E-state index contributed by atoms with van der Waals surface area (Å²) < 4.78 is 2.25. The van der Waals surface area contributed by atoms with E-state index in [0.717, 1.165) is 14.7 Å². The number of alkyl halides is 1. The van der Waals surface area contributed by atoms with Gasteiger partial charge in [0, 0.05) is 24.8 Å². The van der Waals surface area contributed by atoms with Crippen molar-refractivity contribution in [3.8, 4) is 0 Å². The van der Waals surface area contributed by atoms with E-state index >= 15 is 0 Å². The lowest BCUT2D eigenvalue weighted by molar-refractivity contribution is 0.285. The monoisotopic (exact) mass is 334 g/mol. The number of rotatable bonds is 2. The Morgan fingerprint density at radius 3 is 2.79 bits per heavy atom. The summed E-state index contributed by atoms with van der Waals surface area (Å²) in [6.45, 7) is 0.101. The summed E-state index contributed by atoms with van der Waals surface area (Å²) in [5.74, 6) is 0. The van der Waals surface area contributed by atoms with Gasteiger partial charge in [-0.15, -0.1) is 11.3 Å². The van der Waals surface area contributed by atoms with Crippen LogP contribution in [0.4, 0.5) is 0 Å². The Hall–Kier alpha value is 0.1000. The third-order valence-electron chi connectivity index (χ3n) is 2.06. The van der Waals surface area contributed by atoms with Crippen LogP contribution in [0.25, 0.3) is 10.1 Å². The first-order valence-electron chi connectivity index (χ1n) is 4.13. The zero-order chi connectivity index (χ0) is 10.1. The van der Waals surface area contributed by atoms with E-state index in [0.29, 0.717) is 0 Å². The molecule has 2 rings (SSSR count). The average molecular weight is 336 g/mol. The molecule has 2 aromatic rings. The number of aliphatic hydroxyl groups excluding tert-OH is 1. The lowest BCUT2D eigenvalue weighted by Gasteiger charge is -1.95. The van der Waals surface area contributed by atoms with Crippen molar-refractivity contribution in [1.29, 1.82) is 0 Å². The molecule has 0 aliphatic heterocycles. The summed E-state index contributed by atoms with van der Waals surface area (Å²) in [4.78, 5) is 0.992. The first-order chi connectivity index (χ1) is 6.76. The molecular formula is C10H8Br2OS. The SMILES string of the molecule is OCc1sc2cc(CBr)ccc2c1Br. The van der Waals surface area contributed by atoms with Crippen molar-refractivity contribution in [3.63, 3.8) is 0 Å². The molecule has 1 N–H and O–H groups in total. The van der Waals surface area contributed by atoms with Crippen molar-refractivity contribution in [2.45, 2.75) is 11.9 Å². The number of hydrogen-bond acceptors (Lipinski definition) is 2. The van der Waals surface area contributed by atoms with Crippen LogP contribution >= 0.6 is 43.2 Å². The van der Waals surface area contributed by atoms with Crippen LogP contribution in [-0.4, -0.2) is 5.11 Å². The number of thiophene rings is 1. The number of halogens is 2. The molecule has 0 saturated heterocycles. The number of aliphatic hydroxyl groups is 1. The first kappa shape index (κ1) is 10.6. The normalized spacial score (nSPS) is 11.1. The van der Waals surface area contributed by atoms with Gasteiger partial charge in [0.25, 0.3) is 0 Å². The average Bonchev–Trinajstić information content (AvgIpc) is 2.55. The maximum Gasteiger partial charge on any atom is 0.0786 e. The molecule has 1 aromatic carbocycles. The van der Waals surface area contributed by atoms with Crippen LogP contribution in [0, 0.1) is 0 Å². The van der Waals surface area contributed by atoms with Crippen LogP contribution in [0.15, 0.2) is 22.7 Å². The summed E-state index contributed by atoms with van der Waals surface area (Å²) in [6.07, 6.45) is 0. The van der Waals surface area contributed by atoms with Crippen LogP contribution in [-0.2, 0) is 11.9 Å². The van der Waals surface area contributed by atoms with Gasteiger partial charge in [0.1, 0.15) is 0 Å². The molecule has 4 heteroatoms. The maximum atomic E-state index is 9.12. The van der Waals surface area contributed by atoms with Crippen LogP contribution in [0.2, 0.25) is 0 Å². The lowest BCUT2D eigenvalue weighted by Crippen LogP contribution is -1.76. The Balaban J connectivity index is 2.66. The van der Waals surface area contributed by atoms with Gasteiger partial charge in [-0.3, -0.25) is 0 Å². The molecule has 74 valence electrons. The van der Waals surface area contributed by atoms with Crippen molar-refractivity contribution >= 4 is 53.3 Å². The summed E-state index contributed by atoms with van der Waals surface area (Å²) in [6, 6.07) is 6.33. The Morgan fingerprint density at radius 1 is 1.36 bits per heavy atom. The Labute approximate surface area is 103 Å². The minimum absolute atomic E-state index is 0.101. The van der Waals surface area contributed by atoms with Gasteiger partial charge in [0.05, 0.1) is 6.61 Å². The standard InChI is InChI=1S/C10H8Br2OS/c11-4-6-1-2-7-8(3-6)14-9(5-13)10(7)12/h1-3,13H,4-5H2. The van der Waals surface area contributed by atoms with Gasteiger partial charge in [0.2, 0.25) is 0 Å². The van der Waals surface area contributed by atoms with Gasteiger partial charge in [-0.2, -0.15) is 0 Å². The fourth-order valence-corrected chi connectivity index (χ4v) is 3.56. The molecule has 1 heterocycles. The quantitative estimate of drug-likeness (QED) is 0.821. The molecule has 1 nitrogen and oxygen atoms in total. The van der Waals surface area contributed by atoms with Crippen molar-refractivity contribution in [2.24, 2.45) is 0 Å². The highest BCUT2D eigenvalue weighted by Gasteiger charge is 2.08. The Bertz CT molecular complexity index is 464. The maximum absolute atomic E-state index is 9.12. The largest absolute Gasteiger partial charge is 0.391 e. The Kier molecular flexibility index (Phi) is 3.27. The van der Waals surface area contributed by atoms with E-state index in [9.17, 15) is 0 Å².